The van der Waals surface area contributed by atoms with Gasteiger partial charge in [-0.15, -0.1) is 0 Å². The highest BCUT2D eigenvalue weighted by molar-refractivity contribution is 7.88. The Kier molecular flexibility index (Phi) is 5.35. The predicted molar refractivity (Wildman–Crippen MR) is 90.3 cm³/mol. The van der Waals surface area contributed by atoms with Gasteiger partial charge in [-0.05, 0) is 24.5 Å². The topological polar surface area (TPSA) is 49.9 Å². The first-order chi connectivity index (χ1) is 11.1. The van der Waals surface area contributed by atoms with Gasteiger partial charge in [-0.25, -0.2) is 8.42 Å². The van der Waals surface area contributed by atoms with Crippen LogP contribution in [0.15, 0.2) is 42.7 Å². The first kappa shape index (κ1) is 16.5. The van der Waals surface area contributed by atoms with Crippen LogP contribution < -0.4 is 0 Å². The van der Waals surface area contributed by atoms with Crippen molar-refractivity contribution >= 4 is 10.0 Å². The minimum atomic E-state index is -3.23. The van der Waals surface area contributed by atoms with Crippen LogP contribution in [-0.2, 0) is 20.5 Å². The first-order valence-corrected chi connectivity index (χ1v) is 9.79. The van der Waals surface area contributed by atoms with E-state index in [0.29, 0.717) is 13.1 Å². The Morgan fingerprint density at radius 2 is 1.83 bits per heavy atom. The molecule has 23 heavy (non-hydrogen) atoms. The molecule has 0 aliphatic carbocycles. The van der Waals surface area contributed by atoms with Crippen molar-refractivity contribution in [2.45, 2.75) is 24.7 Å². The smallest absolute Gasteiger partial charge is 0.218 e. The minimum absolute atomic E-state index is 0.0877. The van der Waals surface area contributed by atoms with E-state index in [9.17, 15) is 8.42 Å². The average Bonchev–Trinajstić information content (AvgIpc) is 2.57. The van der Waals surface area contributed by atoms with Crippen LogP contribution in [0, 0.1) is 0 Å². The maximum Gasteiger partial charge on any atom is 0.218 e. The van der Waals surface area contributed by atoms with E-state index in [1.54, 1.807) is 10.6 Å². The zero-order chi connectivity index (χ0) is 16.1. The van der Waals surface area contributed by atoms with E-state index < -0.39 is 10.0 Å². The van der Waals surface area contributed by atoms with Crippen LogP contribution in [0.2, 0.25) is 0 Å². The molecule has 0 aromatic heterocycles. The fourth-order valence-electron chi connectivity index (χ4n) is 3.07. The lowest BCUT2D eigenvalue weighted by atomic mass is 10.1. The third kappa shape index (κ3) is 4.56. The average molecular weight is 336 g/mol. The second kappa shape index (κ2) is 7.47. The third-order valence-electron chi connectivity index (χ3n) is 4.40. The Morgan fingerprint density at radius 3 is 2.48 bits per heavy atom. The maximum atomic E-state index is 12.5. The number of hydrogen-bond acceptors (Lipinski definition) is 4. The first-order valence-electron chi connectivity index (χ1n) is 8.18. The standard InChI is InChI=1S/C17H24N2O3S/c20-23(21,15-16-6-2-1-3-7-16)19-11-9-18(10-12-19)14-17-8-4-5-13-22-17/h1-3,5-7,13,17H,4,8-12,14-15H2. The largest absolute Gasteiger partial charge is 0.497 e. The lowest BCUT2D eigenvalue weighted by Crippen LogP contribution is -2.50. The van der Waals surface area contributed by atoms with Gasteiger partial charge in [0.15, 0.2) is 0 Å². The number of rotatable bonds is 5. The van der Waals surface area contributed by atoms with Gasteiger partial charge in [-0.1, -0.05) is 30.3 Å². The second-order valence-electron chi connectivity index (χ2n) is 6.15. The Morgan fingerprint density at radius 1 is 1.09 bits per heavy atom. The summed E-state index contributed by atoms with van der Waals surface area (Å²) in [5.41, 5.74) is 0.845. The van der Waals surface area contributed by atoms with E-state index in [1.807, 2.05) is 36.4 Å². The van der Waals surface area contributed by atoms with Crippen molar-refractivity contribution < 1.29 is 13.2 Å². The van der Waals surface area contributed by atoms with E-state index in [2.05, 4.69) is 4.90 Å². The number of nitrogens with zero attached hydrogens (tertiary/aromatic N) is 2. The quantitative estimate of drug-likeness (QED) is 0.823. The lowest BCUT2D eigenvalue weighted by Gasteiger charge is -2.36. The molecule has 1 fully saturated rings. The van der Waals surface area contributed by atoms with Gasteiger partial charge >= 0.3 is 0 Å². The highest BCUT2D eigenvalue weighted by Gasteiger charge is 2.28. The summed E-state index contributed by atoms with van der Waals surface area (Å²) in [7, 11) is -3.23. The molecule has 1 atom stereocenters. The van der Waals surface area contributed by atoms with Gasteiger partial charge in [0.2, 0.25) is 10.0 Å². The SMILES string of the molecule is O=S(=O)(Cc1ccccc1)N1CCN(CC2CCC=CO2)CC1. The Hall–Kier alpha value is -1.37. The van der Waals surface area contributed by atoms with E-state index in [1.165, 1.54) is 0 Å². The van der Waals surface area contributed by atoms with Crippen molar-refractivity contribution in [1.82, 2.24) is 9.21 Å². The van der Waals surface area contributed by atoms with E-state index >= 15 is 0 Å². The molecule has 1 aromatic rings. The Balaban J connectivity index is 1.50. The van der Waals surface area contributed by atoms with Crippen LogP contribution in [0.3, 0.4) is 0 Å². The Bertz CT molecular complexity index is 622. The molecule has 0 N–H and O–H groups in total. The number of benzene rings is 1. The van der Waals surface area contributed by atoms with Crippen LogP contribution in [0.1, 0.15) is 18.4 Å². The molecular formula is C17H24N2O3S. The Labute approximate surface area is 138 Å². The van der Waals surface area contributed by atoms with E-state index in [-0.39, 0.29) is 11.9 Å². The summed E-state index contributed by atoms with van der Waals surface area (Å²) in [6.45, 7) is 3.57. The summed E-state index contributed by atoms with van der Waals surface area (Å²) < 4.78 is 32.3. The normalized spacial score (nSPS) is 23.6. The zero-order valence-corrected chi connectivity index (χ0v) is 14.1. The van der Waals surface area contributed by atoms with E-state index in [0.717, 1.165) is 38.0 Å². The van der Waals surface area contributed by atoms with Crippen molar-refractivity contribution in [1.29, 1.82) is 0 Å². The van der Waals surface area contributed by atoms with E-state index in [4.69, 9.17) is 4.74 Å². The van der Waals surface area contributed by atoms with Crippen LogP contribution in [0.5, 0.6) is 0 Å². The molecule has 1 saturated heterocycles. The molecule has 0 saturated carbocycles. The summed E-state index contributed by atoms with van der Waals surface area (Å²) in [4.78, 5) is 2.30. The van der Waals surface area contributed by atoms with Gasteiger partial charge in [0.05, 0.1) is 12.0 Å². The summed E-state index contributed by atoms with van der Waals surface area (Å²) in [6.07, 6.45) is 6.19. The molecule has 126 valence electrons. The molecule has 2 aliphatic rings. The molecule has 6 heteroatoms. The van der Waals surface area contributed by atoms with Crippen molar-refractivity contribution in [2.24, 2.45) is 0 Å². The number of sulfonamides is 1. The van der Waals surface area contributed by atoms with Crippen LogP contribution in [0.25, 0.3) is 0 Å². The summed E-state index contributed by atoms with van der Waals surface area (Å²) in [5.74, 6) is 0.0877. The molecule has 0 spiro atoms. The highest BCUT2D eigenvalue weighted by Crippen LogP contribution is 2.16. The molecule has 2 aliphatic heterocycles. The van der Waals surface area contributed by atoms with Crippen molar-refractivity contribution in [2.75, 3.05) is 32.7 Å². The van der Waals surface area contributed by atoms with Crippen molar-refractivity contribution in [3.05, 3.63) is 48.2 Å². The minimum Gasteiger partial charge on any atom is -0.497 e. The van der Waals surface area contributed by atoms with Gasteiger partial charge in [-0.2, -0.15) is 4.31 Å². The van der Waals surface area contributed by atoms with Crippen LogP contribution in [-0.4, -0.2) is 56.5 Å². The molecule has 5 nitrogen and oxygen atoms in total. The predicted octanol–water partition coefficient (Wildman–Crippen LogP) is 1.83. The zero-order valence-electron chi connectivity index (χ0n) is 13.3. The molecule has 0 amide bonds. The van der Waals surface area contributed by atoms with Gasteiger partial charge in [0.1, 0.15) is 6.10 Å². The molecule has 0 radical (unpaired) electrons. The maximum absolute atomic E-state index is 12.5. The summed E-state index contributed by atoms with van der Waals surface area (Å²) in [6, 6.07) is 9.38. The highest BCUT2D eigenvalue weighted by atomic mass is 32.2. The van der Waals surface area contributed by atoms with Gasteiger partial charge in [-0.3, -0.25) is 4.90 Å². The lowest BCUT2D eigenvalue weighted by molar-refractivity contribution is 0.0656. The monoisotopic (exact) mass is 336 g/mol. The van der Waals surface area contributed by atoms with Gasteiger partial charge in [0.25, 0.3) is 0 Å². The van der Waals surface area contributed by atoms with Crippen LogP contribution in [0.4, 0.5) is 0 Å². The number of ether oxygens (including phenoxy) is 1. The van der Waals surface area contributed by atoms with Gasteiger partial charge < -0.3 is 4.74 Å². The van der Waals surface area contributed by atoms with Gasteiger partial charge in [0, 0.05) is 32.7 Å². The fourth-order valence-corrected chi connectivity index (χ4v) is 4.59. The molecular weight excluding hydrogens is 312 g/mol. The van der Waals surface area contributed by atoms with Crippen LogP contribution >= 0.6 is 0 Å². The molecule has 1 unspecified atom stereocenters. The molecule has 1 aromatic carbocycles. The summed E-state index contributed by atoms with van der Waals surface area (Å²) >= 11 is 0. The fraction of sp³-hybridized carbons (Fsp3) is 0.529. The van der Waals surface area contributed by atoms with Crippen molar-refractivity contribution in [3.8, 4) is 0 Å². The second-order valence-corrected chi connectivity index (χ2v) is 8.12. The van der Waals surface area contributed by atoms with Crippen molar-refractivity contribution in [3.63, 3.8) is 0 Å². The third-order valence-corrected chi connectivity index (χ3v) is 6.25. The number of allylic oxidation sites excluding steroid dienone is 1. The molecule has 3 rings (SSSR count). The number of piperazine rings is 1. The molecule has 2 heterocycles. The molecule has 0 bridgehead atoms. The number of hydrogen-bond donors (Lipinski definition) is 0. The summed E-state index contributed by atoms with van der Waals surface area (Å²) in [5, 5.41) is 0.